The maximum atomic E-state index is 12.3. The summed E-state index contributed by atoms with van der Waals surface area (Å²) in [5.74, 6) is -0.429. The third-order valence-electron chi connectivity index (χ3n) is 4.59. The number of carbonyl (C=O) groups excluding carboxylic acids is 1. The van der Waals surface area contributed by atoms with Crippen molar-refractivity contribution < 1.29 is 17.9 Å². The summed E-state index contributed by atoms with van der Waals surface area (Å²) in [5.41, 5.74) is -0.567. The number of hydrogen-bond donors (Lipinski definition) is 2. The van der Waals surface area contributed by atoms with Gasteiger partial charge >= 0.3 is 11.7 Å². The molecular formula is C18H21N5O6S. The van der Waals surface area contributed by atoms with Crippen molar-refractivity contribution in [3.05, 3.63) is 56.5 Å². The minimum atomic E-state index is -3.87. The molecule has 11 nitrogen and oxygen atoms in total. The van der Waals surface area contributed by atoms with Gasteiger partial charge in [0.1, 0.15) is 12.4 Å². The number of esters is 1. The first-order chi connectivity index (χ1) is 14.1. The van der Waals surface area contributed by atoms with Crippen molar-refractivity contribution in [1.82, 2.24) is 19.1 Å². The Balaban J connectivity index is 1.86. The Morgan fingerprint density at radius 2 is 1.90 bits per heavy atom. The lowest BCUT2D eigenvalue weighted by Crippen LogP contribution is -2.31. The zero-order chi connectivity index (χ0) is 22.1. The van der Waals surface area contributed by atoms with E-state index in [4.69, 9.17) is 9.88 Å². The van der Waals surface area contributed by atoms with Gasteiger partial charge in [-0.25, -0.2) is 28.1 Å². The minimum absolute atomic E-state index is 0.124. The van der Waals surface area contributed by atoms with Crippen LogP contribution >= 0.6 is 0 Å². The topological polar surface area (TPSA) is 159 Å². The highest BCUT2D eigenvalue weighted by atomic mass is 32.2. The van der Waals surface area contributed by atoms with Crippen molar-refractivity contribution in [2.24, 2.45) is 12.2 Å². The molecule has 3 N–H and O–H groups in total. The van der Waals surface area contributed by atoms with Crippen LogP contribution < -0.4 is 16.4 Å². The number of aromatic amines is 1. The molecule has 0 aliphatic carbocycles. The first kappa shape index (κ1) is 21.5. The lowest BCUT2D eigenvalue weighted by molar-refractivity contribution is 0.0459. The van der Waals surface area contributed by atoms with Crippen LogP contribution in [0.4, 0.5) is 0 Å². The highest BCUT2D eigenvalue weighted by Crippen LogP contribution is 2.13. The number of primary sulfonamides is 1. The Bertz CT molecular complexity index is 1320. The zero-order valence-corrected chi connectivity index (χ0v) is 17.2. The molecule has 0 radical (unpaired) electrons. The van der Waals surface area contributed by atoms with E-state index in [1.54, 1.807) is 7.05 Å². The van der Waals surface area contributed by atoms with E-state index in [1.807, 2.05) is 6.92 Å². The summed E-state index contributed by atoms with van der Waals surface area (Å²) in [5, 5.41) is 5.03. The molecule has 0 saturated carbocycles. The second-order valence-corrected chi connectivity index (χ2v) is 8.23. The van der Waals surface area contributed by atoms with Gasteiger partial charge in [0.2, 0.25) is 10.0 Å². The maximum absolute atomic E-state index is 12.3. The number of aromatic nitrogens is 4. The normalized spacial score (nSPS) is 11.7. The fourth-order valence-electron chi connectivity index (χ4n) is 2.94. The van der Waals surface area contributed by atoms with Crippen LogP contribution in [0.1, 0.15) is 35.9 Å². The van der Waals surface area contributed by atoms with Gasteiger partial charge in [0.05, 0.1) is 10.5 Å². The van der Waals surface area contributed by atoms with Gasteiger partial charge in [-0.1, -0.05) is 13.3 Å². The molecule has 0 fully saturated rings. The molecule has 0 amide bonds. The highest BCUT2D eigenvalue weighted by Gasteiger charge is 2.18. The number of fused-ring (bicyclic) bond motifs is 1. The molecule has 0 spiro atoms. The number of nitrogens with zero attached hydrogens (tertiary/aromatic N) is 3. The van der Waals surface area contributed by atoms with Crippen LogP contribution in [0, 0.1) is 0 Å². The number of H-pyrrole nitrogens is 1. The van der Waals surface area contributed by atoms with Gasteiger partial charge < -0.3 is 9.30 Å². The van der Waals surface area contributed by atoms with Crippen LogP contribution in [0.25, 0.3) is 11.2 Å². The number of hydrogen-bond acceptors (Lipinski definition) is 7. The van der Waals surface area contributed by atoms with Gasteiger partial charge in [0.25, 0.3) is 5.56 Å². The van der Waals surface area contributed by atoms with E-state index in [-0.39, 0.29) is 34.1 Å². The van der Waals surface area contributed by atoms with Crippen LogP contribution in [0.15, 0.2) is 38.8 Å². The van der Waals surface area contributed by atoms with E-state index in [9.17, 15) is 22.8 Å². The van der Waals surface area contributed by atoms with Gasteiger partial charge in [-0.05, 0) is 30.7 Å². The summed E-state index contributed by atoms with van der Waals surface area (Å²) in [4.78, 5) is 43.1. The quantitative estimate of drug-likeness (QED) is 0.502. The first-order valence-electron chi connectivity index (χ1n) is 9.12. The number of imidazole rings is 1. The van der Waals surface area contributed by atoms with E-state index in [2.05, 4.69) is 9.97 Å². The number of sulfonamides is 1. The maximum Gasteiger partial charge on any atom is 0.338 e. The van der Waals surface area contributed by atoms with E-state index < -0.39 is 27.2 Å². The predicted octanol–water partition coefficient (Wildman–Crippen LogP) is 0.228. The van der Waals surface area contributed by atoms with Crippen molar-refractivity contribution in [3.8, 4) is 0 Å². The molecule has 160 valence electrons. The number of nitrogens with two attached hydrogens (primary N) is 1. The number of rotatable bonds is 7. The van der Waals surface area contributed by atoms with Gasteiger partial charge in [-0.15, -0.1) is 0 Å². The molecule has 30 heavy (non-hydrogen) atoms. The van der Waals surface area contributed by atoms with Crippen molar-refractivity contribution in [1.29, 1.82) is 0 Å². The monoisotopic (exact) mass is 435 g/mol. The average molecular weight is 435 g/mol. The van der Waals surface area contributed by atoms with E-state index in [0.29, 0.717) is 6.54 Å². The number of ether oxygens (including phenoxy) is 1. The van der Waals surface area contributed by atoms with Gasteiger partial charge in [0.15, 0.2) is 11.2 Å². The minimum Gasteiger partial charge on any atom is -0.454 e. The summed E-state index contributed by atoms with van der Waals surface area (Å²) in [6.07, 6.45) is 1.59. The molecule has 3 aromatic rings. The van der Waals surface area contributed by atoms with Crippen LogP contribution in [0.2, 0.25) is 0 Å². The van der Waals surface area contributed by atoms with Gasteiger partial charge in [-0.3, -0.25) is 14.3 Å². The molecule has 1 aromatic carbocycles. The first-order valence-corrected chi connectivity index (χ1v) is 10.7. The summed E-state index contributed by atoms with van der Waals surface area (Å²) in [7, 11) is -2.28. The summed E-state index contributed by atoms with van der Waals surface area (Å²) >= 11 is 0. The van der Waals surface area contributed by atoms with Crippen molar-refractivity contribution >= 4 is 27.2 Å². The molecule has 0 unspecified atom stereocenters. The smallest absolute Gasteiger partial charge is 0.338 e. The third kappa shape index (κ3) is 4.19. The van der Waals surface area contributed by atoms with Gasteiger partial charge in [0, 0.05) is 13.6 Å². The number of carbonyl (C=O) groups is 1. The standard InChI is InChI=1S/C18H21N5O6S/c1-3-4-9-23-15-14(16(24)21-18(23)26)22(2)13(20-15)10-29-17(25)11-5-7-12(8-6-11)30(19,27)28/h5-8H,3-4,9-10H2,1-2H3,(H2,19,27,28)(H,21,24,26). The highest BCUT2D eigenvalue weighted by molar-refractivity contribution is 7.89. The number of nitrogens with one attached hydrogen (secondary N) is 1. The van der Waals surface area contributed by atoms with E-state index in [0.717, 1.165) is 12.8 Å². The number of benzene rings is 1. The second kappa shape index (κ2) is 8.24. The molecule has 0 aliphatic rings. The van der Waals surface area contributed by atoms with Crippen LogP contribution in [-0.4, -0.2) is 33.5 Å². The largest absolute Gasteiger partial charge is 0.454 e. The molecule has 2 aromatic heterocycles. The zero-order valence-electron chi connectivity index (χ0n) is 16.4. The Kier molecular flexibility index (Phi) is 5.89. The van der Waals surface area contributed by atoms with E-state index >= 15 is 0 Å². The molecule has 0 aliphatic heterocycles. The lowest BCUT2D eigenvalue weighted by atomic mass is 10.2. The Labute approximate surface area is 171 Å². The van der Waals surface area contributed by atoms with E-state index in [1.165, 1.54) is 33.4 Å². The molecular weight excluding hydrogens is 414 g/mol. The lowest BCUT2D eigenvalue weighted by Gasteiger charge is -2.05. The third-order valence-corrected chi connectivity index (χ3v) is 5.52. The fraction of sp³-hybridized carbons (Fsp3) is 0.333. The van der Waals surface area contributed by atoms with Crippen molar-refractivity contribution in [3.63, 3.8) is 0 Å². The van der Waals surface area contributed by atoms with Crippen molar-refractivity contribution in [2.45, 2.75) is 37.8 Å². The molecule has 0 saturated heterocycles. The van der Waals surface area contributed by atoms with Crippen molar-refractivity contribution in [2.75, 3.05) is 0 Å². The summed E-state index contributed by atoms with van der Waals surface area (Å²) < 4.78 is 30.7. The molecule has 3 rings (SSSR count). The van der Waals surface area contributed by atoms with Crippen LogP contribution in [0.3, 0.4) is 0 Å². The average Bonchev–Trinajstić information content (AvgIpc) is 3.02. The fourth-order valence-corrected chi connectivity index (χ4v) is 3.45. The molecule has 2 heterocycles. The van der Waals surface area contributed by atoms with Crippen LogP contribution in [-0.2, 0) is 35.0 Å². The Morgan fingerprint density at radius 3 is 2.50 bits per heavy atom. The van der Waals surface area contributed by atoms with Gasteiger partial charge in [-0.2, -0.15) is 0 Å². The molecule has 0 atom stereocenters. The number of aryl methyl sites for hydroxylation is 2. The molecule has 0 bridgehead atoms. The Morgan fingerprint density at radius 1 is 1.23 bits per heavy atom. The molecule has 12 heteroatoms. The summed E-state index contributed by atoms with van der Waals surface area (Å²) in [6, 6.07) is 4.97. The Hall–Kier alpha value is -3.25. The summed E-state index contributed by atoms with van der Waals surface area (Å²) in [6.45, 7) is 2.13. The van der Waals surface area contributed by atoms with Crippen LogP contribution in [0.5, 0.6) is 0 Å². The predicted molar refractivity (Wildman–Crippen MR) is 107 cm³/mol. The number of unbranched alkanes of at least 4 members (excludes halogenated alkanes) is 1. The second-order valence-electron chi connectivity index (χ2n) is 6.67. The SMILES string of the molecule is CCCCn1c(=O)[nH]c(=O)c2c1nc(COC(=O)c1ccc(S(N)(=O)=O)cc1)n2C.